The molecule has 0 aliphatic heterocycles. The van der Waals surface area contributed by atoms with Crippen LogP contribution in [0.4, 0.5) is 0 Å². The highest BCUT2D eigenvalue weighted by atomic mass is 16.3. The van der Waals surface area contributed by atoms with Gasteiger partial charge in [0.1, 0.15) is 11.8 Å². The summed E-state index contributed by atoms with van der Waals surface area (Å²) in [7, 11) is 1.74. The van der Waals surface area contributed by atoms with Crippen LogP contribution in [0.5, 0.6) is 0 Å². The van der Waals surface area contributed by atoms with E-state index in [1.54, 1.807) is 43.4 Å². The van der Waals surface area contributed by atoms with Crippen LogP contribution in [0.25, 0.3) is 11.1 Å². The van der Waals surface area contributed by atoms with Crippen molar-refractivity contribution >= 4 is 17.0 Å². The highest BCUT2D eigenvalue weighted by molar-refractivity contribution is 5.96. The summed E-state index contributed by atoms with van der Waals surface area (Å²) in [6, 6.07) is 5.27. The topological polar surface area (TPSA) is 77.1 Å². The Balaban J connectivity index is 1.81. The Labute approximate surface area is 127 Å². The van der Waals surface area contributed by atoms with Crippen LogP contribution in [0, 0.1) is 6.92 Å². The van der Waals surface area contributed by atoms with Crippen molar-refractivity contribution < 1.29 is 9.21 Å². The predicted octanol–water partition coefficient (Wildman–Crippen LogP) is 2.02. The Bertz CT molecular complexity index is 820. The van der Waals surface area contributed by atoms with Gasteiger partial charge in [-0.15, -0.1) is 10.2 Å². The van der Waals surface area contributed by atoms with Gasteiger partial charge in [0.15, 0.2) is 17.3 Å². The highest BCUT2D eigenvalue weighted by Gasteiger charge is 2.16. The van der Waals surface area contributed by atoms with Crippen LogP contribution >= 0.6 is 0 Å². The summed E-state index contributed by atoms with van der Waals surface area (Å²) in [4.78, 5) is 18.4. The first-order valence-electron chi connectivity index (χ1n) is 7.08. The molecule has 22 heavy (non-hydrogen) atoms. The number of aryl methyl sites for hydroxylation is 2. The second-order valence-electron chi connectivity index (χ2n) is 5.11. The van der Waals surface area contributed by atoms with Gasteiger partial charge in [-0.3, -0.25) is 4.79 Å². The minimum Gasteiger partial charge on any atom is -0.441 e. The van der Waals surface area contributed by atoms with E-state index in [9.17, 15) is 4.79 Å². The van der Waals surface area contributed by atoms with Crippen LogP contribution in [0.3, 0.4) is 0 Å². The van der Waals surface area contributed by atoms with Gasteiger partial charge in [-0.2, -0.15) is 0 Å². The Morgan fingerprint density at radius 3 is 3.00 bits per heavy atom. The summed E-state index contributed by atoms with van der Waals surface area (Å²) in [5.41, 5.74) is 1.93. The van der Waals surface area contributed by atoms with Crippen LogP contribution < -0.4 is 0 Å². The first-order valence-corrected chi connectivity index (χ1v) is 7.08. The molecule has 1 aromatic carbocycles. The molecule has 0 bridgehead atoms. The predicted molar refractivity (Wildman–Crippen MR) is 80.2 cm³/mol. The molecule has 0 atom stereocenters. The second kappa shape index (κ2) is 5.59. The Morgan fingerprint density at radius 2 is 2.23 bits per heavy atom. The van der Waals surface area contributed by atoms with Crippen LogP contribution in [-0.4, -0.2) is 37.6 Å². The summed E-state index contributed by atoms with van der Waals surface area (Å²) in [5.74, 6) is 1.25. The molecule has 7 heteroatoms. The highest BCUT2D eigenvalue weighted by Crippen LogP contribution is 2.18. The molecule has 0 aliphatic rings. The summed E-state index contributed by atoms with van der Waals surface area (Å²) in [6.45, 7) is 4.97. The van der Waals surface area contributed by atoms with Gasteiger partial charge in [0.25, 0.3) is 5.91 Å². The van der Waals surface area contributed by atoms with Crippen LogP contribution in [0.15, 0.2) is 28.9 Å². The Kier molecular flexibility index (Phi) is 3.62. The van der Waals surface area contributed by atoms with Crippen molar-refractivity contribution in [3.8, 4) is 0 Å². The number of fused-ring (bicyclic) bond motifs is 1. The summed E-state index contributed by atoms with van der Waals surface area (Å²) in [5, 5.41) is 7.92. The molecule has 0 unspecified atom stereocenters. The standard InChI is InChI=1S/C15H17N5O2/c1-4-20-9-16-18-14(20)8-19(3)15(21)11-5-6-12-13(7-11)22-10(2)17-12/h5-7,9H,4,8H2,1-3H3. The summed E-state index contributed by atoms with van der Waals surface area (Å²) in [6.07, 6.45) is 1.66. The first kappa shape index (κ1) is 14.2. The van der Waals surface area contributed by atoms with E-state index < -0.39 is 0 Å². The maximum absolute atomic E-state index is 12.5. The fraction of sp³-hybridized carbons (Fsp3) is 0.333. The maximum Gasteiger partial charge on any atom is 0.254 e. The first-order chi connectivity index (χ1) is 10.6. The third kappa shape index (κ3) is 2.57. The molecule has 114 valence electrons. The SMILES string of the molecule is CCn1cnnc1CN(C)C(=O)c1ccc2nc(C)oc2c1. The third-order valence-electron chi connectivity index (χ3n) is 3.50. The maximum atomic E-state index is 12.5. The molecule has 1 amide bonds. The van der Waals surface area contributed by atoms with E-state index in [1.807, 2.05) is 11.5 Å². The van der Waals surface area contributed by atoms with Gasteiger partial charge < -0.3 is 13.9 Å². The molecular weight excluding hydrogens is 282 g/mol. The van der Waals surface area contributed by atoms with Gasteiger partial charge in [-0.1, -0.05) is 0 Å². The van der Waals surface area contributed by atoms with E-state index >= 15 is 0 Å². The van der Waals surface area contributed by atoms with E-state index in [0.29, 0.717) is 23.6 Å². The molecule has 7 nitrogen and oxygen atoms in total. The number of amides is 1. The lowest BCUT2D eigenvalue weighted by molar-refractivity contribution is 0.0780. The van der Waals surface area contributed by atoms with Crippen LogP contribution in [0.1, 0.15) is 29.0 Å². The lowest BCUT2D eigenvalue weighted by Crippen LogP contribution is -2.27. The molecule has 0 aliphatic carbocycles. The van der Waals surface area contributed by atoms with Crippen LogP contribution in [0.2, 0.25) is 0 Å². The zero-order valence-corrected chi connectivity index (χ0v) is 12.8. The quantitative estimate of drug-likeness (QED) is 0.736. The minimum absolute atomic E-state index is 0.0957. The average molecular weight is 299 g/mol. The molecule has 0 saturated heterocycles. The molecule has 0 spiro atoms. The lowest BCUT2D eigenvalue weighted by atomic mass is 10.2. The van der Waals surface area contributed by atoms with E-state index in [-0.39, 0.29) is 5.91 Å². The van der Waals surface area contributed by atoms with Gasteiger partial charge in [-0.25, -0.2) is 4.98 Å². The fourth-order valence-electron chi connectivity index (χ4n) is 2.34. The minimum atomic E-state index is -0.0957. The van der Waals surface area contributed by atoms with Gasteiger partial charge in [0.2, 0.25) is 0 Å². The number of nitrogens with zero attached hydrogens (tertiary/aromatic N) is 5. The molecule has 0 N–H and O–H groups in total. The van der Waals surface area contributed by atoms with E-state index in [1.165, 1.54) is 0 Å². The molecule has 2 heterocycles. The number of carbonyl (C=O) groups is 1. The van der Waals surface area contributed by atoms with Gasteiger partial charge in [0.05, 0.1) is 6.54 Å². The van der Waals surface area contributed by atoms with E-state index in [0.717, 1.165) is 17.9 Å². The number of rotatable bonds is 4. The normalized spacial score (nSPS) is 11.0. The van der Waals surface area contributed by atoms with Gasteiger partial charge in [0, 0.05) is 26.1 Å². The van der Waals surface area contributed by atoms with Crippen molar-refractivity contribution in [3.63, 3.8) is 0 Å². The molecule has 0 fully saturated rings. The van der Waals surface area contributed by atoms with Gasteiger partial charge >= 0.3 is 0 Å². The Morgan fingerprint density at radius 1 is 1.41 bits per heavy atom. The average Bonchev–Trinajstić information content (AvgIpc) is 3.10. The number of aromatic nitrogens is 4. The molecule has 2 aromatic heterocycles. The monoisotopic (exact) mass is 299 g/mol. The van der Waals surface area contributed by atoms with Gasteiger partial charge in [-0.05, 0) is 25.1 Å². The summed E-state index contributed by atoms with van der Waals surface area (Å²) < 4.78 is 7.38. The third-order valence-corrected chi connectivity index (χ3v) is 3.50. The number of hydrogen-bond donors (Lipinski definition) is 0. The largest absolute Gasteiger partial charge is 0.441 e. The number of hydrogen-bond acceptors (Lipinski definition) is 5. The van der Waals surface area contributed by atoms with Crippen molar-refractivity contribution in [1.29, 1.82) is 0 Å². The van der Waals surface area contributed by atoms with E-state index in [4.69, 9.17) is 4.42 Å². The number of benzene rings is 1. The zero-order chi connectivity index (χ0) is 15.7. The molecule has 3 aromatic rings. The fourth-order valence-corrected chi connectivity index (χ4v) is 2.34. The van der Waals surface area contributed by atoms with E-state index in [2.05, 4.69) is 15.2 Å². The second-order valence-corrected chi connectivity index (χ2v) is 5.11. The lowest BCUT2D eigenvalue weighted by Gasteiger charge is -2.16. The van der Waals surface area contributed by atoms with Crippen molar-refractivity contribution in [2.75, 3.05) is 7.05 Å². The molecule has 0 radical (unpaired) electrons. The molecular formula is C15H17N5O2. The van der Waals surface area contributed by atoms with Crippen LogP contribution in [-0.2, 0) is 13.1 Å². The number of oxazole rings is 1. The van der Waals surface area contributed by atoms with Crippen molar-refractivity contribution in [2.24, 2.45) is 0 Å². The zero-order valence-electron chi connectivity index (χ0n) is 12.8. The molecule has 0 saturated carbocycles. The summed E-state index contributed by atoms with van der Waals surface area (Å²) >= 11 is 0. The smallest absolute Gasteiger partial charge is 0.254 e. The molecule has 3 rings (SSSR count). The Hall–Kier alpha value is -2.70. The number of carbonyl (C=O) groups excluding carboxylic acids is 1. The van der Waals surface area contributed by atoms with Crippen molar-refractivity contribution in [1.82, 2.24) is 24.6 Å². The van der Waals surface area contributed by atoms with Crippen molar-refractivity contribution in [3.05, 3.63) is 41.8 Å². The van der Waals surface area contributed by atoms with Crippen molar-refractivity contribution in [2.45, 2.75) is 26.9 Å².